The zero-order valence-electron chi connectivity index (χ0n) is 18.8. The Hall–Kier alpha value is -2.98. The topological polar surface area (TPSA) is 81.8 Å². The minimum atomic E-state index is -1.08. The van der Waals surface area contributed by atoms with Crippen LogP contribution in [0.25, 0.3) is 0 Å². The summed E-state index contributed by atoms with van der Waals surface area (Å²) in [6, 6.07) is 17.3. The first-order chi connectivity index (χ1) is 17.1. The average molecular weight is 606 g/mol. The molecule has 3 aromatic carbocycles. The summed E-state index contributed by atoms with van der Waals surface area (Å²) in [6.07, 6.45) is -0.269. The smallest absolute Gasteiger partial charge is 0.269 e. The lowest BCUT2D eigenvalue weighted by atomic mass is 10.1. The number of thiocarbonyl (C=S) groups is 1. The van der Waals surface area contributed by atoms with Crippen molar-refractivity contribution in [1.82, 2.24) is 10.4 Å². The minimum Gasteiger partial charge on any atom is -0.326 e. The predicted molar refractivity (Wildman–Crippen MR) is 148 cm³/mol. The number of aryl methyl sites for hydroxylation is 1. The minimum absolute atomic E-state index is 0.0314. The van der Waals surface area contributed by atoms with E-state index >= 15 is 0 Å². The van der Waals surface area contributed by atoms with E-state index in [9.17, 15) is 14.4 Å². The summed E-state index contributed by atoms with van der Waals surface area (Å²) in [5.74, 6) is -1.39. The molecule has 1 saturated heterocycles. The number of anilines is 2. The number of benzene rings is 3. The molecule has 1 aliphatic heterocycles. The van der Waals surface area contributed by atoms with Crippen LogP contribution >= 0.6 is 51.3 Å². The van der Waals surface area contributed by atoms with Crippen LogP contribution in [0.1, 0.15) is 22.3 Å². The molecule has 3 aromatic rings. The van der Waals surface area contributed by atoms with Gasteiger partial charge in [0, 0.05) is 25.8 Å². The van der Waals surface area contributed by atoms with Gasteiger partial charge in [0.05, 0.1) is 12.1 Å². The van der Waals surface area contributed by atoms with E-state index in [-0.39, 0.29) is 11.5 Å². The molecule has 1 heterocycles. The van der Waals surface area contributed by atoms with Crippen LogP contribution in [0.2, 0.25) is 10.0 Å². The number of rotatable bonds is 6. The molecule has 4 rings (SSSR count). The summed E-state index contributed by atoms with van der Waals surface area (Å²) >= 11 is 21.0. The number of hydrogen-bond acceptors (Lipinski definition) is 4. The molecule has 2 N–H and O–H groups in total. The van der Waals surface area contributed by atoms with Crippen LogP contribution in [0.4, 0.5) is 11.4 Å². The first-order valence-electron chi connectivity index (χ1n) is 10.7. The maximum atomic E-state index is 13.5. The third kappa shape index (κ3) is 5.70. The molecule has 184 valence electrons. The Balaban J connectivity index is 1.60. The highest BCUT2D eigenvalue weighted by atomic mass is 79.9. The quantitative estimate of drug-likeness (QED) is 0.350. The van der Waals surface area contributed by atoms with Crippen LogP contribution in [0, 0.1) is 6.92 Å². The second-order valence-corrected chi connectivity index (χ2v) is 10.1. The van der Waals surface area contributed by atoms with Gasteiger partial charge >= 0.3 is 0 Å². The van der Waals surface area contributed by atoms with Crippen molar-refractivity contribution in [2.24, 2.45) is 0 Å². The number of amides is 3. The van der Waals surface area contributed by atoms with Gasteiger partial charge in [-0.25, -0.2) is 5.01 Å². The lowest BCUT2D eigenvalue weighted by Crippen LogP contribution is -2.49. The highest BCUT2D eigenvalue weighted by Gasteiger charge is 2.45. The number of halogens is 3. The predicted octanol–water partition coefficient (Wildman–Crippen LogP) is 5.74. The number of nitrogens with one attached hydrogen (secondary N) is 2. The van der Waals surface area contributed by atoms with Crippen molar-refractivity contribution in [3.8, 4) is 0 Å². The first-order valence-corrected chi connectivity index (χ1v) is 12.6. The molecule has 1 unspecified atom stereocenters. The van der Waals surface area contributed by atoms with Crippen molar-refractivity contribution in [2.75, 3.05) is 10.2 Å². The molecule has 3 amide bonds. The van der Waals surface area contributed by atoms with Gasteiger partial charge in [-0.2, -0.15) is 0 Å². The maximum absolute atomic E-state index is 13.5. The standard InChI is InChI=1S/C25H19BrCl2N4O3S/c1-14-2-9-18(12-20(14)28)29-22(33)13-21-24(35)31(19-10-7-17(27)8-11-19)25(36)32(21)30-23(34)15-3-5-16(26)6-4-15/h2-12,21H,13H2,1H3,(H,29,33)(H,30,34). The van der Waals surface area contributed by atoms with Crippen molar-refractivity contribution in [3.05, 3.63) is 92.4 Å². The average Bonchev–Trinajstić information content (AvgIpc) is 3.06. The maximum Gasteiger partial charge on any atom is 0.269 e. The monoisotopic (exact) mass is 604 g/mol. The van der Waals surface area contributed by atoms with Crippen molar-refractivity contribution >= 4 is 85.6 Å². The molecule has 0 aromatic heterocycles. The van der Waals surface area contributed by atoms with Crippen LogP contribution in [-0.4, -0.2) is 33.9 Å². The van der Waals surface area contributed by atoms with Crippen LogP contribution in [0.3, 0.4) is 0 Å². The molecule has 1 fully saturated rings. The van der Waals surface area contributed by atoms with Gasteiger partial charge in [0.1, 0.15) is 6.04 Å². The first kappa shape index (κ1) is 26.1. The van der Waals surface area contributed by atoms with Crippen molar-refractivity contribution in [1.29, 1.82) is 0 Å². The molecule has 11 heteroatoms. The Morgan fingerprint density at radius 1 is 1.03 bits per heavy atom. The van der Waals surface area contributed by atoms with E-state index in [1.54, 1.807) is 66.7 Å². The normalized spacial score (nSPS) is 15.3. The van der Waals surface area contributed by atoms with Gasteiger partial charge in [-0.15, -0.1) is 0 Å². The van der Waals surface area contributed by atoms with Crippen LogP contribution in [0.15, 0.2) is 71.2 Å². The molecular weight excluding hydrogens is 587 g/mol. The lowest BCUT2D eigenvalue weighted by Gasteiger charge is -2.24. The van der Waals surface area contributed by atoms with Gasteiger partial charge < -0.3 is 5.32 Å². The summed E-state index contributed by atoms with van der Waals surface area (Å²) < 4.78 is 0.811. The van der Waals surface area contributed by atoms with Gasteiger partial charge in [-0.3, -0.25) is 24.7 Å². The third-order valence-electron chi connectivity index (χ3n) is 5.46. The molecule has 36 heavy (non-hydrogen) atoms. The Kier molecular flexibility index (Phi) is 7.94. The number of hydrogen-bond donors (Lipinski definition) is 2. The number of nitrogens with zero attached hydrogens (tertiary/aromatic N) is 2. The van der Waals surface area contributed by atoms with E-state index in [1.165, 1.54) is 9.91 Å². The van der Waals surface area contributed by atoms with Gasteiger partial charge in [0.2, 0.25) is 11.0 Å². The fourth-order valence-corrected chi connectivity index (χ4v) is 4.50. The second-order valence-electron chi connectivity index (χ2n) is 7.98. The highest BCUT2D eigenvalue weighted by molar-refractivity contribution is 9.10. The number of carbonyl (C=O) groups is 3. The van der Waals surface area contributed by atoms with E-state index in [1.807, 2.05) is 6.92 Å². The van der Waals surface area contributed by atoms with Gasteiger partial charge in [-0.1, -0.05) is 45.2 Å². The van der Waals surface area contributed by atoms with Crippen molar-refractivity contribution < 1.29 is 14.4 Å². The largest absolute Gasteiger partial charge is 0.326 e. The summed E-state index contributed by atoms with van der Waals surface area (Å²) in [5, 5.41) is 5.02. The van der Waals surface area contributed by atoms with E-state index in [0.29, 0.717) is 27.0 Å². The van der Waals surface area contributed by atoms with E-state index in [0.717, 1.165) is 10.0 Å². The Bertz CT molecular complexity index is 1350. The molecule has 0 saturated carbocycles. The van der Waals surface area contributed by atoms with Crippen molar-refractivity contribution in [3.63, 3.8) is 0 Å². The third-order valence-corrected chi connectivity index (χ3v) is 7.03. The van der Waals surface area contributed by atoms with Crippen LogP contribution < -0.4 is 15.6 Å². The SMILES string of the molecule is Cc1ccc(NC(=O)CC2C(=O)N(c3ccc(Cl)cc3)C(=S)N2NC(=O)c2ccc(Br)cc2)cc1Cl. The number of hydrazine groups is 1. The van der Waals surface area contributed by atoms with Crippen LogP contribution in [0.5, 0.6) is 0 Å². The molecule has 0 radical (unpaired) electrons. The Morgan fingerprint density at radius 2 is 1.69 bits per heavy atom. The second kappa shape index (κ2) is 11.0. The summed E-state index contributed by atoms with van der Waals surface area (Å²) in [7, 11) is 0. The molecule has 0 spiro atoms. The lowest BCUT2D eigenvalue weighted by molar-refractivity contribution is -0.124. The molecule has 1 atom stereocenters. The molecule has 1 aliphatic rings. The summed E-state index contributed by atoms with van der Waals surface area (Å²) in [6.45, 7) is 1.85. The fraction of sp³-hybridized carbons (Fsp3) is 0.120. The molecular formula is C25H19BrCl2N4O3S. The van der Waals surface area contributed by atoms with Gasteiger partial charge in [-0.05, 0) is 85.4 Å². The summed E-state index contributed by atoms with van der Waals surface area (Å²) in [5.41, 5.74) is 4.87. The highest BCUT2D eigenvalue weighted by Crippen LogP contribution is 2.28. The van der Waals surface area contributed by atoms with Crippen molar-refractivity contribution in [2.45, 2.75) is 19.4 Å². The zero-order chi connectivity index (χ0) is 26.0. The fourth-order valence-electron chi connectivity index (χ4n) is 3.56. The van der Waals surface area contributed by atoms with Gasteiger partial charge in [0.15, 0.2) is 0 Å². The van der Waals surface area contributed by atoms with E-state index in [2.05, 4.69) is 26.7 Å². The Labute approximate surface area is 231 Å². The molecule has 7 nitrogen and oxygen atoms in total. The summed E-state index contributed by atoms with van der Waals surface area (Å²) in [4.78, 5) is 40.6. The number of carbonyl (C=O) groups excluding carboxylic acids is 3. The van der Waals surface area contributed by atoms with E-state index in [4.69, 9.17) is 35.4 Å². The Morgan fingerprint density at radius 3 is 2.33 bits per heavy atom. The van der Waals surface area contributed by atoms with E-state index < -0.39 is 23.8 Å². The van der Waals surface area contributed by atoms with Crippen LogP contribution in [-0.2, 0) is 9.59 Å². The van der Waals surface area contributed by atoms with Gasteiger partial charge in [0.25, 0.3) is 11.8 Å². The molecule has 0 bridgehead atoms. The molecule has 0 aliphatic carbocycles. The zero-order valence-corrected chi connectivity index (χ0v) is 22.7.